The minimum atomic E-state index is -0.332. The zero-order chi connectivity index (χ0) is 58.6. The van der Waals surface area contributed by atoms with E-state index in [1.807, 2.05) is 6.26 Å². The van der Waals surface area contributed by atoms with Gasteiger partial charge >= 0.3 is 6.85 Å². The van der Waals surface area contributed by atoms with Crippen molar-refractivity contribution in [3.63, 3.8) is 0 Å². The van der Waals surface area contributed by atoms with Gasteiger partial charge in [-0.15, -0.1) is 0 Å². The first-order valence-corrected chi connectivity index (χ1v) is 30.1. The van der Waals surface area contributed by atoms with E-state index in [0.29, 0.717) is 0 Å². The largest absolute Gasteiger partial charge is 0.464 e. The van der Waals surface area contributed by atoms with Crippen LogP contribution >= 0.6 is 0 Å². The Morgan fingerprint density at radius 2 is 0.976 bits per heavy atom. The number of anilines is 8. The van der Waals surface area contributed by atoms with Gasteiger partial charge < -0.3 is 27.9 Å². The van der Waals surface area contributed by atoms with Crippen LogP contribution in [0.4, 0.5) is 45.5 Å². The van der Waals surface area contributed by atoms with Crippen LogP contribution in [0.15, 0.2) is 220 Å². The Kier molecular flexibility index (Phi) is 11.5. The average molecular weight is 1110 g/mol. The van der Waals surface area contributed by atoms with Crippen molar-refractivity contribution in [2.24, 2.45) is 0 Å². The Balaban J connectivity index is 1.04. The highest BCUT2D eigenvalue weighted by molar-refractivity contribution is 6.94. The Bertz CT molecular complexity index is 4750. The molecule has 0 amide bonds. The molecule has 15 rings (SSSR count). The predicted octanol–water partition coefficient (Wildman–Crippen LogP) is 21.3. The van der Waals surface area contributed by atoms with Gasteiger partial charge in [0.25, 0.3) is 0 Å². The maximum absolute atomic E-state index is 7.31. The summed E-state index contributed by atoms with van der Waals surface area (Å²) in [5, 5.41) is 5.23. The van der Waals surface area contributed by atoms with E-state index in [0.717, 1.165) is 134 Å². The number of furan rings is 3. The second-order valence-corrected chi connectivity index (χ2v) is 27.9. The molecule has 0 aliphatic carbocycles. The zero-order valence-corrected chi connectivity index (χ0v) is 50.8. The zero-order valence-electron chi connectivity index (χ0n) is 50.8. The summed E-state index contributed by atoms with van der Waals surface area (Å²) in [6.45, 7) is 27.1. The lowest BCUT2D eigenvalue weighted by molar-refractivity contribution is 0.590. The highest BCUT2D eigenvalue weighted by atomic mass is 16.3. The fourth-order valence-corrected chi connectivity index (χ4v) is 13.4. The van der Waals surface area contributed by atoms with Gasteiger partial charge in [-0.1, -0.05) is 174 Å². The lowest BCUT2D eigenvalue weighted by Gasteiger charge is -2.46. The Labute approximate surface area is 499 Å². The van der Waals surface area contributed by atoms with E-state index in [2.05, 4.69) is 298 Å². The maximum Gasteiger partial charge on any atom is 0.333 e. The van der Waals surface area contributed by atoms with Gasteiger partial charge in [-0.25, -0.2) is 0 Å². The van der Waals surface area contributed by atoms with E-state index in [9.17, 15) is 0 Å². The monoisotopic (exact) mass is 1110 g/mol. The van der Waals surface area contributed by atoms with Crippen molar-refractivity contribution in [3.8, 4) is 22.3 Å². The highest BCUT2D eigenvalue weighted by Crippen LogP contribution is 2.54. The van der Waals surface area contributed by atoms with Gasteiger partial charge in [-0.3, -0.25) is 0 Å². The number of benzene rings is 10. The first-order chi connectivity index (χ1) is 40.7. The maximum atomic E-state index is 7.31. The molecule has 0 saturated carbocycles. The molecule has 85 heavy (non-hydrogen) atoms. The lowest BCUT2D eigenvalue weighted by Crippen LogP contribution is -2.61. The molecule has 418 valence electrons. The molecule has 2 aliphatic rings. The van der Waals surface area contributed by atoms with Gasteiger partial charge in [0.15, 0.2) is 0 Å². The van der Waals surface area contributed by atoms with Crippen LogP contribution in [0, 0.1) is 0 Å². The van der Waals surface area contributed by atoms with Crippen LogP contribution in [0.25, 0.3) is 77.1 Å². The van der Waals surface area contributed by atoms with Crippen LogP contribution in [0.3, 0.4) is 0 Å². The summed E-state index contributed by atoms with van der Waals surface area (Å²) < 4.78 is 20.9. The Hall–Kier alpha value is -9.20. The van der Waals surface area contributed by atoms with Gasteiger partial charge in [-0.2, -0.15) is 0 Å². The van der Waals surface area contributed by atoms with Gasteiger partial charge in [-0.05, 0) is 164 Å². The molecule has 10 aromatic carbocycles. The van der Waals surface area contributed by atoms with Gasteiger partial charge in [0, 0.05) is 89.5 Å². The molecule has 0 saturated heterocycles. The molecular weight excluding hydrogens is 1040 g/mol. The summed E-state index contributed by atoms with van der Waals surface area (Å²) in [7, 11) is 0. The van der Waals surface area contributed by atoms with Gasteiger partial charge in [0.1, 0.15) is 27.9 Å². The molecule has 7 heteroatoms. The number of hydrogen-bond acceptors (Lipinski definition) is 6. The topological polar surface area (TPSA) is 49.1 Å². The van der Waals surface area contributed by atoms with E-state index in [-0.39, 0.29) is 28.5 Å². The van der Waals surface area contributed by atoms with Crippen LogP contribution in [-0.2, 0) is 21.7 Å². The Morgan fingerprint density at radius 3 is 1.64 bits per heavy atom. The molecule has 13 aromatic rings. The molecule has 2 aliphatic heterocycles. The summed E-state index contributed by atoms with van der Waals surface area (Å²) in [6.07, 6.45) is 1.82. The molecule has 6 nitrogen and oxygen atoms in total. The molecule has 0 unspecified atom stereocenters. The summed E-state index contributed by atoms with van der Waals surface area (Å²) in [4.78, 5) is 7.50. The fourth-order valence-electron chi connectivity index (χ4n) is 13.4. The Morgan fingerprint density at radius 1 is 0.388 bits per heavy atom. The number of fused-ring (bicyclic) bond motifs is 12. The van der Waals surface area contributed by atoms with Crippen LogP contribution in [-0.4, -0.2) is 6.85 Å². The third-order valence-corrected chi connectivity index (χ3v) is 18.1. The average Bonchev–Trinajstić information content (AvgIpc) is 1.68. The summed E-state index contributed by atoms with van der Waals surface area (Å²) in [5.41, 5.74) is 24.5. The molecule has 0 fully saturated rings. The third-order valence-electron chi connectivity index (χ3n) is 18.1. The van der Waals surface area contributed by atoms with Crippen LogP contribution in [0.1, 0.15) is 105 Å². The molecule has 0 N–H and O–H groups in total. The van der Waals surface area contributed by atoms with Gasteiger partial charge in [0.05, 0.1) is 12.0 Å². The molecule has 0 radical (unpaired) electrons. The predicted molar refractivity (Wildman–Crippen MR) is 359 cm³/mol. The second kappa shape index (κ2) is 18.7. The third kappa shape index (κ3) is 8.51. The molecule has 5 heterocycles. The number of hydrogen-bond donors (Lipinski definition) is 0. The highest BCUT2D eigenvalue weighted by Gasteiger charge is 2.48. The minimum absolute atomic E-state index is 0.0132. The first-order valence-electron chi connectivity index (χ1n) is 30.1. The standard InChI is InChI=1S/C78H70BN3O3/c1-75(2,3)49-22-29-53(30-23-49)80(54-31-24-50(25-32-54)76(4,5)6)56-35-37-69-59(42-56)60-43-62-65(46-71(60)84-69)82(55-33-26-51(27-34-55)77(7,8)9)79-63-45-70-48(38-39-83-70)40-66(63)81(64-36-28-52(78(10,11)12)41-58(64)47-18-14-13-15-19-47)67-44-61-57-20-16-17-21-68(57)85-74(61)72(62)73(67)79/h13-46H,1-12H3. The van der Waals surface area contributed by atoms with Crippen molar-refractivity contribution < 1.29 is 13.3 Å². The molecule has 0 bridgehead atoms. The van der Waals surface area contributed by atoms with Crippen LogP contribution in [0.5, 0.6) is 0 Å². The van der Waals surface area contributed by atoms with Crippen molar-refractivity contribution in [1.82, 2.24) is 0 Å². The van der Waals surface area contributed by atoms with E-state index >= 15 is 0 Å². The van der Waals surface area contributed by atoms with Crippen molar-refractivity contribution in [2.75, 3.05) is 14.6 Å². The van der Waals surface area contributed by atoms with Gasteiger partial charge in [0.2, 0.25) is 0 Å². The van der Waals surface area contributed by atoms with E-state index in [1.165, 1.54) is 22.3 Å². The lowest BCUT2D eigenvalue weighted by atomic mass is 9.43. The van der Waals surface area contributed by atoms with E-state index in [4.69, 9.17) is 13.3 Å². The smallest absolute Gasteiger partial charge is 0.333 e. The normalized spacial score (nSPS) is 13.6. The van der Waals surface area contributed by atoms with E-state index < -0.39 is 0 Å². The van der Waals surface area contributed by atoms with Crippen molar-refractivity contribution in [3.05, 3.63) is 229 Å². The van der Waals surface area contributed by atoms with Crippen LogP contribution in [0.2, 0.25) is 0 Å². The van der Waals surface area contributed by atoms with Crippen molar-refractivity contribution >= 4 is 118 Å². The fraction of sp³-hybridized carbons (Fsp3) is 0.205. The summed E-state index contributed by atoms with van der Waals surface area (Å²) in [5.74, 6) is 0. The van der Waals surface area contributed by atoms with E-state index in [1.54, 1.807) is 0 Å². The second-order valence-electron chi connectivity index (χ2n) is 27.9. The molecule has 0 atom stereocenters. The number of rotatable bonds is 6. The number of nitrogens with zero attached hydrogens (tertiary/aromatic N) is 3. The van der Waals surface area contributed by atoms with Crippen LogP contribution < -0.4 is 25.5 Å². The molecular formula is C78H70BN3O3. The number of para-hydroxylation sites is 1. The first kappa shape index (κ1) is 52.6. The van der Waals surface area contributed by atoms with Crippen molar-refractivity contribution in [1.29, 1.82) is 0 Å². The van der Waals surface area contributed by atoms with Crippen molar-refractivity contribution in [2.45, 2.75) is 105 Å². The molecule has 0 spiro atoms. The summed E-state index contributed by atoms with van der Waals surface area (Å²) in [6, 6.07) is 74.5. The minimum Gasteiger partial charge on any atom is -0.464 e. The quantitative estimate of drug-likeness (QED) is 0.155. The molecule has 3 aromatic heterocycles. The SMILES string of the molecule is CC(C)(C)c1ccc(N2B3c4cc5occc5cc4N(c4ccc(C(C)(C)C)cc4-c4ccccc4)c4cc5c(oc6ccccc65)c(c43)-c3cc4c(cc32)oc2ccc(N(c3ccc(C(C)(C)C)cc3)c3ccc(C(C)(C)C)cc3)cc24)cc1. The summed E-state index contributed by atoms with van der Waals surface area (Å²) >= 11 is 0.